The summed E-state index contributed by atoms with van der Waals surface area (Å²) in [5.74, 6) is 0. The Hall–Kier alpha value is -0.610. The van der Waals surface area contributed by atoms with E-state index in [9.17, 15) is 0 Å². The van der Waals surface area contributed by atoms with Gasteiger partial charge < -0.3 is 20.0 Å². The molecule has 2 N–H and O–H groups in total. The summed E-state index contributed by atoms with van der Waals surface area (Å²) in [7, 11) is 0. The molecule has 4 atom stereocenters. The van der Waals surface area contributed by atoms with Crippen molar-refractivity contribution < 1.29 is 20.0 Å². The van der Waals surface area contributed by atoms with Crippen LogP contribution in [0.25, 0.3) is 0 Å². The van der Waals surface area contributed by atoms with Crippen LogP contribution in [0.3, 0.4) is 0 Å². The number of carbonyl (C=O) groups is 1. The van der Waals surface area contributed by atoms with Gasteiger partial charge in [0.25, 0.3) is 0 Å². The number of morpholine rings is 1. The fourth-order valence-corrected chi connectivity index (χ4v) is 2.47. The molecule has 0 radical (unpaired) electrons. The molecule has 3 saturated heterocycles. The van der Waals surface area contributed by atoms with Crippen molar-refractivity contribution in [2.75, 3.05) is 0 Å². The summed E-state index contributed by atoms with van der Waals surface area (Å²) in [6.07, 6.45) is 5.60. The molecule has 0 aliphatic carbocycles. The fraction of sp³-hybridized carbons (Fsp3) is 0.875. The van der Waals surface area contributed by atoms with Gasteiger partial charge >= 0.3 is 0 Å². The molecule has 3 aliphatic rings. The average Bonchev–Trinajstić information content (AvgIpc) is 2.80. The van der Waals surface area contributed by atoms with Crippen molar-refractivity contribution in [3.8, 4) is 0 Å². The van der Waals surface area contributed by atoms with Gasteiger partial charge in [0.05, 0.1) is 0 Å². The number of fused-ring (bicyclic) bond motifs is 5. The number of quaternary nitrogens is 1. The van der Waals surface area contributed by atoms with Crippen molar-refractivity contribution >= 4 is 6.47 Å². The summed E-state index contributed by atoms with van der Waals surface area (Å²) in [5.41, 5.74) is 0. The van der Waals surface area contributed by atoms with Crippen LogP contribution in [0.5, 0.6) is 0 Å². The van der Waals surface area contributed by atoms with Gasteiger partial charge in [-0.1, -0.05) is 0 Å². The zero-order valence-corrected chi connectivity index (χ0v) is 6.81. The Balaban J connectivity index is 0.000000169. The molecule has 0 aromatic rings. The van der Waals surface area contributed by atoms with Gasteiger partial charge in [0, 0.05) is 19.3 Å². The zero-order valence-electron chi connectivity index (χ0n) is 6.81. The molecule has 3 rings (SSSR count). The van der Waals surface area contributed by atoms with Crippen LogP contribution in [-0.2, 0) is 9.53 Å². The molecule has 0 saturated carbocycles. The van der Waals surface area contributed by atoms with E-state index in [1.807, 2.05) is 0 Å². The molecule has 3 aliphatic heterocycles. The Morgan fingerprint density at radius 1 is 1.33 bits per heavy atom. The van der Waals surface area contributed by atoms with Gasteiger partial charge in [0.15, 0.2) is 0 Å². The first-order valence-corrected chi connectivity index (χ1v) is 4.43. The van der Waals surface area contributed by atoms with E-state index in [1.165, 1.54) is 19.3 Å². The number of carboxylic acid groups (broad SMARTS) is 1. The highest BCUT2D eigenvalue weighted by atomic mass is 16.6. The van der Waals surface area contributed by atoms with E-state index in [4.69, 9.17) is 14.6 Å². The van der Waals surface area contributed by atoms with Crippen LogP contribution < -0.4 is 10.4 Å². The van der Waals surface area contributed by atoms with Gasteiger partial charge in [-0.3, -0.25) is 0 Å². The summed E-state index contributed by atoms with van der Waals surface area (Å²) in [6.45, 7) is -0.500. The summed E-state index contributed by atoms with van der Waals surface area (Å²) in [6, 6.07) is 1.71. The van der Waals surface area contributed by atoms with Crippen molar-refractivity contribution in [3.63, 3.8) is 0 Å². The van der Waals surface area contributed by atoms with Crippen molar-refractivity contribution in [1.82, 2.24) is 0 Å². The first-order chi connectivity index (χ1) is 5.86. The SMILES string of the molecule is C1CC2[NH2+]C(C1)C1OC21.O=C[O-]. The van der Waals surface area contributed by atoms with Gasteiger partial charge in [-0.05, 0) is 6.42 Å². The zero-order chi connectivity index (χ0) is 8.55. The second-order valence-electron chi connectivity index (χ2n) is 3.61. The van der Waals surface area contributed by atoms with Gasteiger partial charge in [-0.2, -0.15) is 0 Å². The summed E-state index contributed by atoms with van der Waals surface area (Å²) >= 11 is 0. The minimum Gasteiger partial charge on any atom is -0.554 e. The van der Waals surface area contributed by atoms with Gasteiger partial charge in [-0.25, -0.2) is 0 Å². The maximum Gasteiger partial charge on any atom is 0.142 e. The third kappa shape index (κ3) is 1.21. The van der Waals surface area contributed by atoms with Crippen LogP contribution in [0.2, 0.25) is 0 Å². The van der Waals surface area contributed by atoms with E-state index in [0.717, 1.165) is 12.1 Å². The Kier molecular flexibility index (Phi) is 2.02. The molecule has 3 heterocycles. The van der Waals surface area contributed by atoms with Crippen molar-refractivity contribution in [3.05, 3.63) is 0 Å². The lowest BCUT2D eigenvalue weighted by Crippen LogP contribution is -2.95. The molecule has 4 heteroatoms. The van der Waals surface area contributed by atoms with Crippen LogP contribution in [0, 0.1) is 0 Å². The molecule has 0 spiro atoms. The first-order valence-electron chi connectivity index (χ1n) is 4.43. The van der Waals surface area contributed by atoms with Crippen molar-refractivity contribution in [2.24, 2.45) is 0 Å². The Morgan fingerprint density at radius 3 is 2.25 bits per heavy atom. The van der Waals surface area contributed by atoms with Gasteiger partial charge in [-0.15, -0.1) is 0 Å². The quantitative estimate of drug-likeness (QED) is 0.327. The lowest BCUT2D eigenvalue weighted by atomic mass is 10.1. The number of carbonyl (C=O) groups excluding carboxylic acids is 1. The molecule has 0 amide bonds. The minimum atomic E-state index is -0.500. The van der Waals surface area contributed by atoms with Crippen LogP contribution >= 0.6 is 0 Å². The van der Waals surface area contributed by atoms with Crippen LogP contribution in [0.4, 0.5) is 0 Å². The van der Waals surface area contributed by atoms with Crippen LogP contribution in [0.1, 0.15) is 19.3 Å². The molecule has 2 bridgehead atoms. The maximum atomic E-state index is 8.25. The standard InChI is InChI=1S/C7H11NO.CH2O2/c1-2-4-6-7(9-6)5(3-1)8-4;2-1-3/h4-8H,1-3H2;1H,(H,2,3). The number of hydrogen-bond donors (Lipinski definition) is 1. The highest BCUT2D eigenvalue weighted by Crippen LogP contribution is 2.37. The number of rotatable bonds is 0. The minimum absolute atomic E-state index is 0.500. The predicted molar refractivity (Wildman–Crippen MR) is 38.1 cm³/mol. The third-order valence-electron chi connectivity index (χ3n) is 2.97. The van der Waals surface area contributed by atoms with Crippen molar-refractivity contribution in [1.29, 1.82) is 0 Å². The van der Waals surface area contributed by atoms with E-state index in [1.54, 1.807) is 0 Å². The van der Waals surface area contributed by atoms with Gasteiger partial charge in [0.2, 0.25) is 0 Å². The topological polar surface area (TPSA) is 69.3 Å². The Bertz CT molecular complexity index is 171. The van der Waals surface area contributed by atoms with E-state index >= 15 is 0 Å². The summed E-state index contributed by atoms with van der Waals surface area (Å²) < 4.78 is 5.49. The molecule has 4 nitrogen and oxygen atoms in total. The predicted octanol–water partition coefficient (Wildman–Crippen LogP) is -2.38. The number of ether oxygens (including phenoxy) is 1. The number of hydrogen-bond acceptors (Lipinski definition) is 3. The second kappa shape index (κ2) is 3.03. The number of piperidine rings is 1. The van der Waals surface area contributed by atoms with Crippen molar-refractivity contribution in [2.45, 2.75) is 43.6 Å². The maximum absolute atomic E-state index is 8.25. The number of epoxide rings is 1. The molecular weight excluding hydrogens is 158 g/mol. The van der Waals surface area contributed by atoms with Crippen LogP contribution in [0.15, 0.2) is 0 Å². The highest BCUT2D eigenvalue weighted by Gasteiger charge is 2.61. The van der Waals surface area contributed by atoms with E-state index in [0.29, 0.717) is 12.2 Å². The Morgan fingerprint density at radius 2 is 1.83 bits per heavy atom. The second-order valence-corrected chi connectivity index (χ2v) is 3.61. The molecular formula is C8H13NO3. The molecule has 0 aromatic carbocycles. The monoisotopic (exact) mass is 171 g/mol. The Labute approximate surface area is 70.9 Å². The lowest BCUT2D eigenvalue weighted by molar-refractivity contribution is -0.721. The first kappa shape index (κ1) is 8.01. The molecule has 4 unspecified atom stereocenters. The fourth-order valence-electron chi connectivity index (χ4n) is 2.47. The normalized spacial score (nSPS) is 47.0. The smallest absolute Gasteiger partial charge is 0.142 e. The number of nitrogens with two attached hydrogens (primary N) is 1. The molecule has 3 fully saturated rings. The van der Waals surface area contributed by atoms with Crippen LogP contribution in [-0.4, -0.2) is 30.8 Å². The van der Waals surface area contributed by atoms with E-state index < -0.39 is 6.47 Å². The largest absolute Gasteiger partial charge is 0.554 e. The lowest BCUT2D eigenvalue weighted by Gasteiger charge is -2.19. The molecule has 12 heavy (non-hydrogen) atoms. The average molecular weight is 171 g/mol. The third-order valence-corrected chi connectivity index (χ3v) is 2.97. The molecule has 0 aromatic heterocycles. The molecule has 68 valence electrons. The summed E-state index contributed by atoms with van der Waals surface area (Å²) in [5, 5.41) is 10.8. The van der Waals surface area contributed by atoms with E-state index in [2.05, 4.69) is 5.32 Å². The van der Waals surface area contributed by atoms with Gasteiger partial charge in [0.1, 0.15) is 24.3 Å². The highest BCUT2D eigenvalue weighted by molar-refractivity contribution is 5.29. The summed E-state index contributed by atoms with van der Waals surface area (Å²) in [4.78, 5) is 8.25. The van der Waals surface area contributed by atoms with E-state index in [-0.39, 0.29) is 0 Å².